The third-order valence-corrected chi connectivity index (χ3v) is 3.75. The lowest BCUT2D eigenvalue weighted by molar-refractivity contribution is 0.586. The molecule has 0 saturated carbocycles. The van der Waals surface area contributed by atoms with Crippen LogP contribution >= 0.6 is 0 Å². The summed E-state index contributed by atoms with van der Waals surface area (Å²) in [5.74, 6) is 0.575. The molecule has 1 aromatic heterocycles. The van der Waals surface area contributed by atoms with E-state index in [0.29, 0.717) is 11.9 Å². The second-order valence-electron chi connectivity index (χ2n) is 4.97. The van der Waals surface area contributed by atoms with E-state index in [1.54, 1.807) is 0 Å². The Hall–Kier alpha value is -2.29. The van der Waals surface area contributed by atoms with Crippen LogP contribution in [0.3, 0.4) is 0 Å². The summed E-state index contributed by atoms with van der Waals surface area (Å²) >= 11 is 0. The Morgan fingerprint density at radius 1 is 1.11 bits per heavy atom. The summed E-state index contributed by atoms with van der Waals surface area (Å²) in [6.07, 6.45) is 1.14. The Kier molecular flexibility index (Phi) is 2.30. The van der Waals surface area contributed by atoms with Crippen LogP contribution in [0, 0.1) is 0 Å². The van der Waals surface area contributed by atoms with E-state index in [1.807, 2.05) is 24.3 Å². The fourth-order valence-corrected chi connectivity index (χ4v) is 2.70. The van der Waals surface area contributed by atoms with Crippen LogP contribution in [-0.2, 0) is 6.42 Å². The minimum atomic E-state index is 0.575. The molecule has 0 bridgehead atoms. The highest BCUT2D eigenvalue weighted by Crippen LogP contribution is 2.34. The van der Waals surface area contributed by atoms with Crippen molar-refractivity contribution >= 4 is 17.1 Å². The summed E-state index contributed by atoms with van der Waals surface area (Å²) in [6, 6.07) is 17.0. The van der Waals surface area contributed by atoms with Crippen molar-refractivity contribution in [2.75, 3.05) is 11.9 Å². The molecule has 1 unspecified atom stereocenters. The minimum Gasteiger partial charge on any atom is -0.424 e. The van der Waals surface area contributed by atoms with Crippen molar-refractivity contribution in [3.63, 3.8) is 0 Å². The average molecular weight is 250 g/mol. The first-order valence-electron chi connectivity index (χ1n) is 6.57. The molecular weight excluding hydrogens is 236 g/mol. The van der Waals surface area contributed by atoms with Gasteiger partial charge in [-0.1, -0.05) is 36.4 Å². The number of benzene rings is 2. The number of nitrogens with one attached hydrogen (secondary N) is 1. The highest BCUT2D eigenvalue weighted by molar-refractivity contribution is 5.74. The van der Waals surface area contributed by atoms with Gasteiger partial charge in [0.2, 0.25) is 0 Å². The number of nitrogens with zero attached hydrogens (tertiary/aromatic N) is 1. The van der Waals surface area contributed by atoms with Gasteiger partial charge in [0.25, 0.3) is 6.01 Å². The number of anilines is 1. The predicted octanol–water partition coefficient (Wildman–Crippen LogP) is 3.58. The summed E-state index contributed by atoms with van der Waals surface area (Å²) in [5.41, 5.74) is 4.65. The molecular formula is C16H14N2O. The number of para-hydroxylation sites is 2. The first-order chi connectivity index (χ1) is 9.40. The lowest BCUT2D eigenvalue weighted by Crippen LogP contribution is -2.24. The fraction of sp³-hybridized carbons (Fsp3) is 0.188. The van der Waals surface area contributed by atoms with Crippen molar-refractivity contribution in [2.24, 2.45) is 0 Å². The molecule has 2 aromatic carbocycles. The largest absolute Gasteiger partial charge is 0.424 e. The van der Waals surface area contributed by atoms with Gasteiger partial charge in [-0.15, -0.1) is 0 Å². The zero-order valence-electron chi connectivity index (χ0n) is 10.5. The number of hydrogen-bond donors (Lipinski definition) is 1. The van der Waals surface area contributed by atoms with Gasteiger partial charge >= 0.3 is 0 Å². The van der Waals surface area contributed by atoms with Crippen LogP contribution in [0.15, 0.2) is 52.9 Å². The number of oxazole rings is 1. The summed E-state index contributed by atoms with van der Waals surface area (Å²) in [4.78, 5) is 4.42. The number of fused-ring (bicyclic) bond motifs is 2. The molecule has 4 rings (SSSR count). The molecule has 19 heavy (non-hydrogen) atoms. The monoisotopic (exact) mass is 250 g/mol. The molecule has 1 aliphatic rings. The Balaban J connectivity index is 1.49. The second-order valence-corrected chi connectivity index (χ2v) is 4.97. The molecule has 1 heterocycles. The first-order valence-corrected chi connectivity index (χ1v) is 6.57. The molecule has 0 aliphatic heterocycles. The Labute approximate surface area is 111 Å². The second kappa shape index (κ2) is 4.12. The Morgan fingerprint density at radius 2 is 1.95 bits per heavy atom. The van der Waals surface area contributed by atoms with Crippen LogP contribution in [0.2, 0.25) is 0 Å². The smallest absolute Gasteiger partial charge is 0.295 e. The van der Waals surface area contributed by atoms with Crippen molar-refractivity contribution < 1.29 is 4.42 Å². The zero-order chi connectivity index (χ0) is 12.7. The quantitative estimate of drug-likeness (QED) is 0.772. The van der Waals surface area contributed by atoms with E-state index in [1.165, 1.54) is 11.1 Å². The summed E-state index contributed by atoms with van der Waals surface area (Å²) in [6.45, 7) is 0.879. The van der Waals surface area contributed by atoms with Crippen molar-refractivity contribution in [3.05, 3.63) is 59.7 Å². The lowest BCUT2D eigenvalue weighted by atomic mass is 9.78. The lowest BCUT2D eigenvalue weighted by Gasteiger charge is -2.29. The number of aromatic nitrogens is 1. The van der Waals surface area contributed by atoms with Gasteiger partial charge in [0, 0.05) is 12.5 Å². The standard InChI is InChI=1S/C16H14N2O/c1-2-6-13-11(5-1)9-12(13)10-17-16-18-14-7-3-4-8-15(14)19-16/h1-8,12H,9-10H2,(H,17,18). The van der Waals surface area contributed by atoms with Crippen LogP contribution in [0.25, 0.3) is 11.1 Å². The van der Waals surface area contributed by atoms with Crippen molar-refractivity contribution in [1.82, 2.24) is 4.98 Å². The number of rotatable bonds is 3. The van der Waals surface area contributed by atoms with Gasteiger partial charge in [-0.2, -0.15) is 4.98 Å². The van der Waals surface area contributed by atoms with E-state index < -0.39 is 0 Å². The van der Waals surface area contributed by atoms with Crippen LogP contribution in [0.1, 0.15) is 17.0 Å². The fourth-order valence-electron chi connectivity index (χ4n) is 2.70. The third kappa shape index (κ3) is 1.78. The summed E-state index contributed by atoms with van der Waals surface area (Å²) in [7, 11) is 0. The molecule has 1 aliphatic carbocycles. The molecule has 0 radical (unpaired) electrons. The van der Waals surface area contributed by atoms with E-state index in [4.69, 9.17) is 4.42 Å². The maximum absolute atomic E-state index is 5.65. The van der Waals surface area contributed by atoms with Gasteiger partial charge in [0.15, 0.2) is 5.58 Å². The predicted molar refractivity (Wildman–Crippen MR) is 75.4 cm³/mol. The molecule has 0 saturated heterocycles. The van der Waals surface area contributed by atoms with Crippen molar-refractivity contribution in [3.8, 4) is 0 Å². The Bertz CT molecular complexity index is 699. The van der Waals surface area contributed by atoms with Gasteiger partial charge < -0.3 is 9.73 Å². The summed E-state index contributed by atoms with van der Waals surface area (Å²) < 4.78 is 5.65. The average Bonchev–Trinajstić information content (AvgIpc) is 2.82. The summed E-state index contributed by atoms with van der Waals surface area (Å²) in [5, 5.41) is 3.30. The maximum Gasteiger partial charge on any atom is 0.295 e. The van der Waals surface area contributed by atoms with Crippen LogP contribution < -0.4 is 5.32 Å². The van der Waals surface area contributed by atoms with Gasteiger partial charge in [-0.05, 0) is 29.7 Å². The van der Waals surface area contributed by atoms with Crippen LogP contribution in [0.4, 0.5) is 6.01 Å². The molecule has 94 valence electrons. The molecule has 1 N–H and O–H groups in total. The van der Waals surface area contributed by atoms with E-state index in [2.05, 4.69) is 34.6 Å². The molecule has 0 amide bonds. The number of hydrogen-bond acceptors (Lipinski definition) is 3. The van der Waals surface area contributed by atoms with E-state index in [0.717, 1.165) is 24.1 Å². The molecule has 1 atom stereocenters. The zero-order valence-corrected chi connectivity index (χ0v) is 10.5. The Morgan fingerprint density at radius 3 is 2.84 bits per heavy atom. The molecule has 3 heteroatoms. The molecule has 0 spiro atoms. The van der Waals surface area contributed by atoms with Gasteiger partial charge in [0.1, 0.15) is 5.52 Å². The minimum absolute atomic E-state index is 0.575. The molecule has 3 aromatic rings. The third-order valence-electron chi connectivity index (χ3n) is 3.75. The molecule has 0 fully saturated rings. The normalized spacial score (nSPS) is 16.9. The van der Waals surface area contributed by atoms with Crippen LogP contribution in [0.5, 0.6) is 0 Å². The van der Waals surface area contributed by atoms with E-state index in [9.17, 15) is 0 Å². The topological polar surface area (TPSA) is 38.1 Å². The first kappa shape index (κ1) is 10.6. The van der Waals surface area contributed by atoms with Crippen molar-refractivity contribution in [1.29, 1.82) is 0 Å². The van der Waals surface area contributed by atoms with E-state index >= 15 is 0 Å². The highest BCUT2D eigenvalue weighted by Gasteiger charge is 2.25. The van der Waals surface area contributed by atoms with Crippen molar-refractivity contribution in [2.45, 2.75) is 12.3 Å². The van der Waals surface area contributed by atoms with Gasteiger partial charge in [0.05, 0.1) is 0 Å². The van der Waals surface area contributed by atoms with Gasteiger partial charge in [-0.3, -0.25) is 0 Å². The highest BCUT2D eigenvalue weighted by atomic mass is 16.4. The van der Waals surface area contributed by atoms with Crippen LogP contribution in [-0.4, -0.2) is 11.5 Å². The van der Waals surface area contributed by atoms with Gasteiger partial charge in [-0.25, -0.2) is 0 Å². The van der Waals surface area contributed by atoms with E-state index in [-0.39, 0.29) is 0 Å². The molecule has 3 nitrogen and oxygen atoms in total. The maximum atomic E-state index is 5.65. The SMILES string of the molecule is c1ccc2c(c1)CC2CNc1nc2ccccc2o1.